The molecule has 4 rings (SSSR count). The number of hydrogen-bond donors (Lipinski definition) is 2. The molecule has 4 nitrogen and oxygen atoms in total. The minimum atomic E-state index is -0.486. The molecule has 1 aliphatic carbocycles. The van der Waals surface area contributed by atoms with E-state index in [2.05, 4.69) is 16.4 Å². The van der Waals surface area contributed by atoms with Crippen LogP contribution in [0, 0.1) is 0 Å². The fourth-order valence-electron chi connectivity index (χ4n) is 3.65. The summed E-state index contributed by atoms with van der Waals surface area (Å²) in [6.45, 7) is 2.23. The second kappa shape index (κ2) is 7.95. The summed E-state index contributed by atoms with van der Waals surface area (Å²) in [5.74, 6) is -0.0945. The highest BCUT2D eigenvalue weighted by molar-refractivity contribution is 5.95. The minimum absolute atomic E-state index is 0.0945. The highest BCUT2D eigenvalue weighted by Crippen LogP contribution is 2.23. The van der Waals surface area contributed by atoms with Crippen LogP contribution < -0.4 is 5.32 Å². The van der Waals surface area contributed by atoms with Crippen molar-refractivity contribution in [2.24, 2.45) is 0 Å². The van der Waals surface area contributed by atoms with Crippen LogP contribution >= 0.6 is 0 Å². The summed E-state index contributed by atoms with van der Waals surface area (Å²) in [5.41, 5.74) is 7.05. The van der Waals surface area contributed by atoms with Gasteiger partial charge < -0.3 is 10.4 Å². The molecule has 4 heteroatoms. The van der Waals surface area contributed by atoms with Crippen molar-refractivity contribution in [1.82, 2.24) is 10.3 Å². The van der Waals surface area contributed by atoms with Gasteiger partial charge in [-0.05, 0) is 66.1 Å². The summed E-state index contributed by atoms with van der Waals surface area (Å²) in [6.07, 6.45) is 4.69. The highest BCUT2D eigenvalue weighted by atomic mass is 16.3. The third-order valence-electron chi connectivity index (χ3n) is 5.28. The Bertz CT molecular complexity index is 994. The molecule has 0 saturated heterocycles. The van der Waals surface area contributed by atoms with Crippen LogP contribution in [0.15, 0.2) is 60.8 Å². The number of carbonyl (C=O) groups excluding carboxylic acids is 1. The van der Waals surface area contributed by atoms with Gasteiger partial charge in [-0.15, -0.1) is 0 Å². The van der Waals surface area contributed by atoms with Crippen molar-refractivity contribution < 1.29 is 9.90 Å². The van der Waals surface area contributed by atoms with Crippen LogP contribution in [-0.2, 0) is 19.4 Å². The van der Waals surface area contributed by atoms with E-state index in [1.807, 2.05) is 54.7 Å². The van der Waals surface area contributed by atoms with Gasteiger partial charge in [0.05, 0.1) is 6.10 Å². The fraction of sp³-hybridized carbons (Fsp3) is 0.250. The Morgan fingerprint density at radius 1 is 1.11 bits per heavy atom. The summed E-state index contributed by atoms with van der Waals surface area (Å²) < 4.78 is 0. The number of rotatable bonds is 5. The molecule has 0 spiro atoms. The first-order valence-corrected chi connectivity index (χ1v) is 9.73. The monoisotopic (exact) mass is 372 g/mol. The molecule has 142 valence electrons. The topological polar surface area (TPSA) is 62.2 Å². The number of carbonyl (C=O) groups is 1. The van der Waals surface area contributed by atoms with Crippen LogP contribution in [-0.4, -0.2) is 16.0 Å². The Hall–Kier alpha value is -2.98. The first-order chi connectivity index (χ1) is 13.6. The summed E-state index contributed by atoms with van der Waals surface area (Å²) in [4.78, 5) is 17.1. The zero-order valence-electron chi connectivity index (χ0n) is 16.0. The lowest BCUT2D eigenvalue weighted by atomic mass is 10.0. The minimum Gasteiger partial charge on any atom is -0.389 e. The Balaban J connectivity index is 1.45. The number of pyridine rings is 1. The van der Waals surface area contributed by atoms with Crippen molar-refractivity contribution in [3.63, 3.8) is 0 Å². The van der Waals surface area contributed by atoms with Crippen LogP contribution in [0.3, 0.4) is 0 Å². The molecule has 2 N–H and O–H groups in total. The average Bonchev–Trinajstić information content (AvgIpc) is 3.20. The molecular formula is C24H24N2O2. The zero-order valence-corrected chi connectivity index (χ0v) is 16.0. The molecule has 0 unspecified atom stereocenters. The van der Waals surface area contributed by atoms with Crippen LogP contribution in [0.1, 0.15) is 52.2 Å². The van der Waals surface area contributed by atoms with E-state index in [1.54, 1.807) is 6.92 Å². The number of aromatic nitrogens is 1. The lowest BCUT2D eigenvalue weighted by Crippen LogP contribution is -2.23. The molecule has 0 bridgehead atoms. The molecule has 0 saturated carbocycles. The average molecular weight is 372 g/mol. The van der Waals surface area contributed by atoms with E-state index in [0.717, 1.165) is 35.1 Å². The molecule has 0 radical (unpaired) electrons. The Morgan fingerprint density at radius 2 is 1.93 bits per heavy atom. The molecule has 28 heavy (non-hydrogen) atoms. The smallest absolute Gasteiger partial charge is 0.251 e. The van der Waals surface area contributed by atoms with Crippen molar-refractivity contribution in [3.05, 3.63) is 88.7 Å². The third-order valence-corrected chi connectivity index (χ3v) is 5.28. The molecule has 1 amide bonds. The van der Waals surface area contributed by atoms with Gasteiger partial charge >= 0.3 is 0 Å². The maximum absolute atomic E-state index is 12.6. The van der Waals surface area contributed by atoms with Gasteiger partial charge in [0, 0.05) is 24.0 Å². The van der Waals surface area contributed by atoms with E-state index in [9.17, 15) is 9.90 Å². The number of nitrogens with zero attached hydrogens (tertiary/aromatic N) is 1. The molecular weight excluding hydrogens is 348 g/mol. The van der Waals surface area contributed by atoms with Crippen molar-refractivity contribution in [1.29, 1.82) is 0 Å². The molecule has 1 atom stereocenters. The zero-order chi connectivity index (χ0) is 19.5. The predicted octanol–water partition coefficient (Wildman–Crippen LogP) is 4.22. The Labute approximate surface area is 165 Å². The number of benzene rings is 2. The van der Waals surface area contributed by atoms with E-state index in [1.165, 1.54) is 17.7 Å². The van der Waals surface area contributed by atoms with Gasteiger partial charge in [-0.3, -0.25) is 9.78 Å². The number of aliphatic hydroxyl groups is 1. The molecule has 2 aromatic carbocycles. The normalized spacial score (nSPS) is 13.8. The molecule has 1 aliphatic rings. The van der Waals surface area contributed by atoms with Crippen LogP contribution in [0.25, 0.3) is 11.1 Å². The van der Waals surface area contributed by atoms with E-state index in [0.29, 0.717) is 12.1 Å². The number of fused-ring (bicyclic) bond motifs is 1. The number of aryl methyl sites for hydroxylation is 2. The third kappa shape index (κ3) is 3.97. The van der Waals surface area contributed by atoms with Gasteiger partial charge in [0.25, 0.3) is 5.91 Å². The largest absolute Gasteiger partial charge is 0.389 e. The Kier molecular flexibility index (Phi) is 5.22. The van der Waals surface area contributed by atoms with E-state index < -0.39 is 6.10 Å². The SMILES string of the molecule is C[C@H](O)c1ccc(-c2cccc(C(=O)NCc3cnc4c(c3)CCC4)c2)cc1. The lowest BCUT2D eigenvalue weighted by molar-refractivity contribution is 0.0951. The molecule has 0 aliphatic heterocycles. The van der Waals surface area contributed by atoms with E-state index in [-0.39, 0.29) is 5.91 Å². The molecule has 1 aromatic heterocycles. The second-order valence-electron chi connectivity index (χ2n) is 7.36. The van der Waals surface area contributed by atoms with Crippen molar-refractivity contribution in [2.45, 2.75) is 38.8 Å². The Morgan fingerprint density at radius 3 is 2.71 bits per heavy atom. The molecule has 1 heterocycles. The van der Waals surface area contributed by atoms with Crippen molar-refractivity contribution in [2.75, 3.05) is 0 Å². The van der Waals surface area contributed by atoms with Crippen LogP contribution in [0.4, 0.5) is 0 Å². The summed E-state index contributed by atoms with van der Waals surface area (Å²) in [5, 5.41) is 12.6. The molecule has 0 fully saturated rings. The van der Waals surface area contributed by atoms with Gasteiger partial charge in [-0.1, -0.05) is 42.5 Å². The van der Waals surface area contributed by atoms with Gasteiger partial charge in [0.1, 0.15) is 0 Å². The quantitative estimate of drug-likeness (QED) is 0.705. The number of nitrogens with one attached hydrogen (secondary N) is 1. The number of amides is 1. The van der Waals surface area contributed by atoms with Gasteiger partial charge in [0.15, 0.2) is 0 Å². The van der Waals surface area contributed by atoms with Gasteiger partial charge in [-0.25, -0.2) is 0 Å². The lowest BCUT2D eigenvalue weighted by Gasteiger charge is -2.09. The maximum Gasteiger partial charge on any atom is 0.251 e. The number of hydrogen-bond acceptors (Lipinski definition) is 3. The van der Waals surface area contributed by atoms with E-state index >= 15 is 0 Å². The maximum atomic E-state index is 12.6. The van der Waals surface area contributed by atoms with E-state index in [4.69, 9.17) is 0 Å². The van der Waals surface area contributed by atoms with Gasteiger partial charge in [0.2, 0.25) is 0 Å². The molecule has 3 aromatic rings. The second-order valence-corrected chi connectivity index (χ2v) is 7.36. The first-order valence-electron chi connectivity index (χ1n) is 9.73. The summed E-state index contributed by atoms with van der Waals surface area (Å²) in [7, 11) is 0. The first kappa shape index (κ1) is 18.4. The van der Waals surface area contributed by atoms with Crippen LogP contribution in [0.5, 0.6) is 0 Å². The van der Waals surface area contributed by atoms with Crippen LogP contribution in [0.2, 0.25) is 0 Å². The fourth-order valence-corrected chi connectivity index (χ4v) is 3.65. The summed E-state index contributed by atoms with van der Waals surface area (Å²) in [6, 6.07) is 17.5. The standard InChI is InChI=1S/C24H24N2O2/c1-16(27)18-8-10-19(11-9-18)20-4-2-6-22(13-20)24(28)26-15-17-12-21-5-3-7-23(21)25-14-17/h2,4,6,8-14,16,27H,3,5,7,15H2,1H3,(H,26,28)/t16-/m0/s1. The van der Waals surface area contributed by atoms with Crippen molar-refractivity contribution in [3.8, 4) is 11.1 Å². The van der Waals surface area contributed by atoms with Gasteiger partial charge in [-0.2, -0.15) is 0 Å². The predicted molar refractivity (Wildman–Crippen MR) is 110 cm³/mol. The van der Waals surface area contributed by atoms with Crippen molar-refractivity contribution >= 4 is 5.91 Å². The summed E-state index contributed by atoms with van der Waals surface area (Å²) >= 11 is 0. The highest BCUT2D eigenvalue weighted by Gasteiger charge is 2.13. The number of aliphatic hydroxyl groups excluding tert-OH is 1.